The van der Waals surface area contributed by atoms with Crippen LogP contribution >= 0.6 is 0 Å². The molecule has 2 heterocycles. The maximum absolute atomic E-state index is 12.9. The van der Waals surface area contributed by atoms with Gasteiger partial charge in [0.2, 0.25) is 31.9 Å². The van der Waals surface area contributed by atoms with Crippen LogP contribution in [0.25, 0.3) is 0 Å². The van der Waals surface area contributed by atoms with Crippen molar-refractivity contribution in [3.63, 3.8) is 0 Å². The van der Waals surface area contributed by atoms with Crippen LogP contribution in [0, 0.1) is 11.8 Å². The minimum Gasteiger partial charge on any atom is -0.378 e. The molecule has 0 aromatic heterocycles. The molecular formula is C46H56F6N6O8S2. The van der Waals surface area contributed by atoms with Crippen LogP contribution in [0.1, 0.15) is 51.7 Å². The van der Waals surface area contributed by atoms with Crippen molar-refractivity contribution in [2.45, 2.75) is 74.8 Å². The maximum atomic E-state index is 12.9. The average Bonchev–Trinajstić information content (AvgIpc) is 3.29. The van der Waals surface area contributed by atoms with Gasteiger partial charge in [-0.05, 0) is 122 Å². The van der Waals surface area contributed by atoms with Gasteiger partial charge in [-0.2, -0.15) is 35.8 Å². The zero-order valence-corrected chi connectivity index (χ0v) is 39.5. The molecule has 0 saturated carbocycles. The molecule has 6 rings (SSSR count). The van der Waals surface area contributed by atoms with Gasteiger partial charge in [-0.3, -0.25) is 9.59 Å². The molecule has 2 amide bonds. The van der Waals surface area contributed by atoms with Gasteiger partial charge in [0.15, 0.2) is 0 Å². The summed E-state index contributed by atoms with van der Waals surface area (Å²) in [6, 6.07) is 18.5. The van der Waals surface area contributed by atoms with Crippen molar-refractivity contribution >= 4 is 54.6 Å². The summed E-state index contributed by atoms with van der Waals surface area (Å²) in [4.78, 5) is 29.5. The number of hydrogen-bond acceptors (Lipinski definition) is 10. The Hall–Kier alpha value is -5.26. The van der Waals surface area contributed by atoms with Crippen molar-refractivity contribution in [1.29, 1.82) is 0 Å². The van der Waals surface area contributed by atoms with E-state index in [0.29, 0.717) is 62.1 Å². The molecule has 0 spiro atoms. The summed E-state index contributed by atoms with van der Waals surface area (Å²) < 4.78 is 143. The van der Waals surface area contributed by atoms with Crippen LogP contribution in [0.3, 0.4) is 0 Å². The zero-order chi connectivity index (χ0) is 49.9. The first-order chi connectivity index (χ1) is 31.9. The van der Waals surface area contributed by atoms with Gasteiger partial charge in [0.25, 0.3) is 0 Å². The summed E-state index contributed by atoms with van der Waals surface area (Å²) in [5.41, 5.74) is 1.08. The second-order valence-electron chi connectivity index (χ2n) is 16.9. The largest absolute Gasteiger partial charge is 0.416 e. The molecule has 2 aliphatic rings. The highest BCUT2D eigenvalue weighted by atomic mass is 32.2. The van der Waals surface area contributed by atoms with Gasteiger partial charge in [-0.25, -0.2) is 16.8 Å². The number of amides is 2. The zero-order valence-electron chi connectivity index (χ0n) is 37.9. The lowest BCUT2D eigenvalue weighted by atomic mass is 10.0. The number of halogens is 6. The summed E-state index contributed by atoms with van der Waals surface area (Å²) in [6.07, 6.45) is -8.74. The van der Waals surface area contributed by atoms with Crippen molar-refractivity contribution in [3.8, 4) is 0 Å². The number of rotatable bonds is 16. The first kappa shape index (κ1) is 53.7. The van der Waals surface area contributed by atoms with E-state index in [-0.39, 0.29) is 34.5 Å². The van der Waals surface area contributed by atoms with Crippen LogP contribution in [-0.4, -0.2) is 93.3 Å². The number of nitrogens with one attached hydrogen (secondary N) is 4. The number of ether oxygens (including phenoxy) is 2. The normalized spacial score (nSPS) is 15.9. The molecule has 372 valence electrons. The first-order valence-corrected chi connectivity index (χ1v) is 24.7. The molecule has 0 radical (unpaired) electrons. The van der Waals surface area contributed by atoms with E-state index in [9.17, 15) is 52.8 Å². The molecule has 14 nitrogen and oxygen atoms in total. The number of sulfonamides is 2. The summed E-state index contributed by atoms with van der Waals surface area (Å²) in [6.45, 7) is 13.0. The third-order valence-corrected chi connectivity index (χ3v) is 13.6. The predicted octanol–water partition coefficient (Wildman–Crippen LogP) is 7.75. The Bertz CT molecular complexity index is 2310. The van der Waals surface area contributed by atoms with Crippen molar-refractivity contribution in [1.82, 2.24) is 9.44 Å². The van der Waals surface area contributed by atoms with Crippen LogP contribution in [0.2, 0.25) is 0 Å². The van der Waals surface area contributed by atoms with Crippen molar-refractivity contribution < 1.29 is 62.2 Å². The molecule has 2 aliphatic heterocycles. The SMILES string of the molecule is CC(C)C[C@H](NS(=O)(=O)c1ccc(C(F)(F)F)cc1)C(=O)Nc1ccc(N2CCOCC2)cc1.CC(C)C[C@H](NS(=O)(=O)c1ccc(C(F)(F)F)cc1)C(=O)Nc1ccc(N2CCOCC2)cc1. The van der Waals surface area contributed by atoms with Crippen LogP contribution in [-0.2, 0) is 51.5 Å². The van der Waals surface area contributed by atoms with E-state index < -0.39 is 67.4 Å². The van der Waals surface area contributed by atoms with E-state index >= 15 is 0 Å². The Balaban J connectivity index is 0.000000254. The Labute approximate surface area is 392 Å². The summed E-state index contributed by atoms with van der Waals surface area (Å²) >= 11 is 0. The minimum atomic E-state index is -4.58. The molecule has 0 bridgehead atoms. The molecule has 4 N–H and O–H groups in total. The number of nitrogens with zero attached hydrogens (tertiary/aromatic N) is 2. The predicted molar refractivity (Wildman–Crippen MR) is 246 cm³/mol. The smallest absolute Gasteiger partial charge is 0.378 e. The molecule has 22 heteroatoms. The Morgan fingerprint density at radius 3 is 1.07 bits per heavy atom. The third kappa shape index (κ3) is 15.9. The van der Waals surface area contributed by atoms with Gasteiger partial charge in [-0.15, -0.1) is 0 Å². The second-order valence-corrected chi connectivity index (χ2v) is 20.4. The number of carbonyl (C=O) groups excluding carboxylic acids is 2. The molecule has 4 aromatic carbocycles. The number of alkyl halides is 6. The number of carbonyl (C=O) groups is 2. The lowest BCUT2D eigenvalue weighted by Crippen LogP contribution is -2.44. The lowest BCUT2D eigenvalue weighted by Gasteiger charge is -2.29. The molecule has 0 aliphatic carbocycles. The van der Waals surface area contributed by atoms with E-state index in [4.69, 9.17) is 9.47 Å². The van der Waals surface area contributed by atoms with Crippen molar-refractivity contribution in [2.75, 3.05) is 73.0 Å². The fourth-order valence-electron chi connectivity index (χ4n) is 7.13. The fraction of sp³-hybridized carbons (Fsp3) is 0.435. The van der Waals surface area contributed by atoms with E-state index in [2.05, 4.69) is 29.9 Å². The summed E-state index contributed by atoms with van der Waals surface area (Å²) in [5.74, 6) is -1.14. The standard InChI is InChI=1S/2C23H28F3N3O4S/c2*1-16(2)15-21(28-34(31,32)20-9-3-17(4-10-20)23(24,25)26)22(30)27-18-5-7-19(8-6-18)29-11-13-33-14-12-29/h2*3-10,16,21,28H,11-15H2,1-2H3,(H,27,30)/t2*21-/m00/s1. The van der Waals surface area contributed by atoms with Crippen molar-refractivity contribution in [2.24, 2.45) is 11.8 Å². The molecule has 2 fully saturated rings. The number of morpholine rings is 2. The Kier molecular flexibility index (Phi) is 18.4. The highest BCUT2D eigenvalue weighted by Crippen LogP contribution is 2.31. The molecule has 0 unspecified atom stereocenters. The van der Waals surface area contributed by atoms with Gasteiger partial charge in [0.1, 0.15) is 12.1 Å². The van der Waals surface area contributed by atoms with Crippen LogP contribution < -0.4 is 29.9 Å². The third-order valence-electron chi connectivity index (χ3n) is 10.6. The minimum absolute atomic E-state index is 0.0187. The van der Waals surface area contributed by atoms with Crippen LogP contribution in [0.5, 0.6) is 0 Å². The second kappa shape index (κ2) is 23.4. The monoisotopic (exact) mass is 998 g/mol. The fourth-order valence-corrected chi connectivity index (χ4v) is 9.55. The van der Waals surface area contributed by atoms with Gasteiger partial charge in [0.05, 0.1) is 47.3 Å². The van der Waals surface area contributed by atoms with Crippen LogP contribution in [0.15, 0.2) is 107 Å². The highest BCUT2D eigenvalue weighted by Gasteiger charge is 2.33. The van der Waals surface area contributed by atoms with Gasteiger partial charge in [0, 0.05) is 48.9 Å². The Morgan fingerprint density at radius 2 is 0.809 bits per heavy atom. The van der Waals surface area contributed by atoms with Gasteiger partial charge < -0.3 is 29.9 Å². The Morgan fingerprint density at radius 1 is 0.515 bits per heavy atom. The molecular weight excluding hydrogens is 943 g/mol. The maximum Gasteiger partial charge on any atom is 0.416 e. The van der Waals surface area contributed by atoms with E-state index in [1.54, 1.807) is 24.3 Å². The molecule has 68 heavy (non-hydrogen) atoms. The molecule has 2 atom stereocenters. The number of benzene rings is 4. The van der Waals surface area contributed by atoms with Gasteiger partial charge in [-0.1, -0.05) is 27.7 Å². The molecule has 4 aromatic rings. The first-order valence-electron chi connectivity index (χ1n) is 21.8. The van der Waals surface area contributed by atoms with E-state index in [1.165, 1.54) is 0 Å². The average molecular weight is 999 g/mol. The van der Waals surface area contributed by atoms with Gasteiger partial charge >= 0.3 is 12.4 Å². The lowest BCUT2D eigenvalue weighted by molar-refractivity contribution is -0.138. The summed E-state index contributed by atoms with van der Waals surface area (Å²) in [5, 5.41) is 5.45. The number of hydrogen-bond donors (Lipinski definition) is 4. The highest BCUT2D eigenvalue weighted by molar-refractivity contribution is 7.89. The number of anilines is 4. The molecule has 2 saturated heterocycles. The summed E-state index contributed by atoms with van der Waals surface area (Å²) in [7, 11) is -8.45. The van der Waals surface area contributed by atoms with Crippen molar-refractivity contribution in [3.05, 3.63) is 108 Å². The quantitative estimate of drug-likeness (QED) is 0.0813. The van der Waals surface area contributed by atoms with E-state index in [1.807, 2.05) is 52.0 Å². The van der Waals surface area contributed by atoms with Crippen LogP contribution in [0.4, 0.5) is 49.1 Å². The van der Waals surface area contributed by atoms with E-state index in [0.717, 1.165) is 61.8 Å². The topological polar surface area (TPSA) is 175 Å².